The smallest absolute Gasteiger partial charge is 0.253 e. The highest BCUT2D eigenvalue weighted by Crippen LogP contribution is 2.09. The molecule has 0 saturated heterocycles. The molecule has 0 aromatic carbocycles. The molecule has 0 unspecified atom stereocenters. The molecule has 2 heterocycles. The van der Waals surface area contributed by atoms with E-state index in [4.69, 9.17) is 0 Å². The maximum absolute atomic E-state index is 11.6. The molecular weight excluding hydrogens is 228 g/mol. The normalized spacial score (nSPS) is 11.9. The lowest BCUT2D eigenvalue weighted by atomic mass is 10.3. The monoisotopic (exact) mass is 238 g/mol. The molecule has 5 heteroatoms. The number of hydrogen-bond acceptors (Lipinski definition) is 3. The molecule has 0 saturated carbocycles. The van der Waals surface area contributed by atoms with E-state index < -0.39 is 0 Å². The van der Waals surface area contributed by atoms with Gasteiger partial charge in [0, 0.05) is 23.5 Å². The van der Waals surface area contributed by atoms with E-state index in [0.29, 0.717) is 6.42 Å². The lowest BCUT2D eigenvalue weighted by Crippen LogP contribution is -2.13. The van der Waals surface area contributed by atoms with Crippen molar-refractivity contribution in [3.63, 3.8) is 0 Å². The number of hydrogen-bond donors (Lipinski definition) is 0. The van der Waals surface area contributed by atoms with Gasteiger partial charge in [-0.05, 0) is 11.4 Å². The molecule has 2 aromatic rings. The van der Waals surface area contributed by atoms with Gasteiger partial charge in [0.2, 0.25) is 0 Å². The van der Waals surface area contributed by atoms with Crippen LogP contribution in [0.2, 0.25) is 0 Å². The molecule has 3 nitrogen and oxygen atoms in total. The van der Waals surface area contributed by atoms with Crippen LogP contribution in [-0.2, 0) is 18.3 Å². The van der Waals surface area contributed by atoms with Gasteiger partial charge in [-0.1, -0.05) is 6.07 Å². The van der Waals surface area contributed by atoms with Crippen LogP contribution in [0, 0.1) is 0 Å². The van der Waals surface area contributed by atoms with Gasteiger partial charge in [0.05, 0.1) is 6.42 Å². The molecule has 0 bridgehead atoms. The zero-order valence-electron chi connectivity index (χ0n) is 8.21. The Bertz CT molecular complexity index is 508. The highest BCUT2D eigenvalue weighted by Gasteiger charge is 2.02. The van der Waals surface area contributed by atoms with Crippen molar-refractivity contribution in [3.05, 3.63) is 38.8 Å². The van der Waals surface area contributed by atoms with Gasteiger partial charge in [0.1, 0.15) is 0 Å². The number of aryl methyl sites for hydroxylation is 1. The second-order valence-electron chi connectivity index (χ2n) is 3.06. The van der Waals surface area contributed by atoms with Crippen LogP contribution in [-0.4, -0.2) is 10.5 Å². The lowest BCUT2D eigenvalue weighted by Gasteiger charge is -1.91. The molecule has 2 rings (SSSR count). The Kier molecular flexibility index (Phi) is 3.13. The molecular formula is C10H10N2OS2. The van der Waals surface area contributed by atoms with Crippen molar-refractivity contribution in [2.75, 3.05) is 0 Å². The minimum absolute atomic E-state index is 0.0875. The van der Waals surface area contributed by atoms with Gasteiger partial charge < -0.3 is 4.57 Å². The van der Waals surface area contributed by atoms with Crippen LogP contribution in [0.4, 0.5) is 0 Å². The lowest BCUT2D eigenvalue weighted by molar-refractivity contribution is -0.117. The number of thiophene rings is 1. The van der Waals surface area contributed by atoms with E-state index in [-0.39, 0.29) is 5.91 Å². The van der Waals surface area contributed by atoms with Crippen molar-refractivity contribution in [1.29, 1.82) is 0 Å². The first-order chi connectivity index (χ1) is 7.25. The standard InChI is InChI=1S/C10H10N2OS2/c1-12-4-6-15-10(12)11-9(13)7-8-3-2-5-14-8/h2-6H,7H2,1H3. The van der Waals surface area contributed by atoms with Crippen LogP contribution in [0.1, 0.15) is 4.88 Å². The zero-order valence-corrected chi connectivity index (χ0v) is 9.85. The molecule has 0 atom stereocenters. The van der Waals surface area contributed by atoms with E-state index in [1.54, 1.807) is 11.3 Å². The number of amides is 1. The third kappa shape index (κ3) is 2.64. The first kappa shape index (κ1) is 10.3. The molecule has 0 spiro atoms. The fourth-order valence-electron chi connectivity index (χ4n) is 1.14. The molecule has 0 fully saturated rings. The summed E-state index contributed by atoms with van der Waals surface area (Å²) < 4.78 is 1.84. The molecule has 15 heavy (non-hydrogen) atoms. The maximum Gasteiger partial charge on any atom is 0.253 e. The largest absolute Gasteiger partial charge is 0.327 e. The summed E-state index contributed by atoms with van der Waals surface area (Å²) in [6, 6.07) is 3.89. The van der Waals surface area contributed by atoms with Crippen LogP contribution in [0.5, 0.6) is 0 Å². The van der Waals surface area contributed by atoms with Gasteiger partial charge in [0.15, 0.2) is 4.80 Å². The van der Waals surface area contributed by atoms with E-state index >= 15 is 0 Å². The van der Waals surface area contributed by atoms with Crippen LogP contribution in [0.25, 0.3) is 0 Å². The van der Waals surface area contributed by atoms with E-state index in [1.807, 2.05) is 40.7 Å². The van der Waals surface area contributed by atoms with Crippen LogP contribution < -0.4 is 4.80 Å². The Morgan fingerprint density at radius 3 is 2.93 bits per heavy atom. The summed E-state index contributed by atoms with van der Waals surface area (Å²) in [5, 5.41) is 3.88. The fraction of sp³-hybridized carbons (Fsp3) is 0.200. The maximum atomic E-state index is 11.6. The quantitative estimate of drug-likeness (QED) is 0.786. The SMILES string of the molecule is Cn1ccsc1=NC(=O)Cc1cccs1. The molecule has 1 amide bonds. The average Bonchev–Trinajstić information content (AvgIpc) is 2.79. The van der Waals surface area contributed by atoms with Crippen LogP contribution >= 0.6 is 22.7 Å². The summed E-state index contributed by atoms with van der Waals surface area (Å²) in [6.45, 7) is 0. The van der Waals surface area contributed by atoms with Gasteiger partial charge in [-0.15, -0.1) is 22.7 Å². The van der Waals surface area contributed by atoms with E-state index in [9.17, 15) is 4.79 Å². The number of nitrogens with zero attached hydrogens (tertiary/aromatic N) is 2. The van der Waals surface area contributed by atoms with Gasteiger partial charge >= 0.3 is 0 Å². The number of thiazole rings is 1. The Labute approximate surface area is 95.4 Å². The summed E-state index contributed by atoms with van der Waals surface area (Å²) in [7, 11) is 1.88. The summed E-state index contributed by atoms with van der Waals surface area (Å²) in [5.74, 6) is -0.0875. The Balaban J connectivity index is 2.14. The summed E-state index contributed by atoms with van der Waals surface area (Å²) in [4.78, 5) is 17.4. The number of carbonyl (C=O) groups excluding carboxylic acids is 1. The van der Waals surface area contributed by atoms with Crippen molar-refractivity contribution in [3.8, 4) is 0 Å². The summed E-state index contributed by atoms with van der Waals surface area (Å²) in [6.07, 6.45) is 2.29. The molecule has 0 aliphatic heterocycles. The van der Waals surface area contributed by atoms with Gasteiger partial charge in [-0.25, -0.2) is 0 Å². The molecule has 0 aliphatic rings. The molecule has 0 radical (unpaired) electrons. The van der Waals surface area contributed by atoms with Gasteiger partial charge in [0.25, 0.3) is 5.91 Å². The minimum atomic E-state index is -0.0875. The van der Waals surface area contributed by atoms with Crippen LogP contribution in [0.3, 0.4) is 0 Å². The van der Waals surface area contributed by atoms with E-state index in [0.717, 1.165) is 9.68 Å². The average molecular weight is 238 g/mol. The topological polar surface area (TPSA) is 34.4 Å². The van der Waals surface area contributed by atoms with Crippen molar-refractivity contribution >= 4 is 28.6 Å². The molecule has 2 aromatic heterocycles. The van der Waals surface area contributed by atoms with Crippen molar-refractivity contribution < 1.29 is 4.79 Å². The third-order valence-corrected chi connectivity index (χ3v) is 3.61. The van der Waals surface area contributed by atoms with Crippen molar-refractivity contribution in [2.45, 2.75) is 6.42 Å². The van der Waals surface area contributed by atoms with Crippen molar-refractivity contribution in [1.82, 2.24) is 4.57 Å². The Morgan fingerprint density at radius 2 is 2.33 bits per heavy atom. The molecule has 78 valence electrons. The number of aromatic nitrogens is 1. The van der Waals surface area contributed by atoms with Gasteiger partial charge in [-0.3, -0.25) is 4.79 Å². The zero-order chi connectivity index (χ0) is 10.7. The highest BCUT2D eigenvalue weighted by molar-refractivity contribution is 7.10. The Hall–Kier alpha value is -1.20. The summed E-state index contributed by atoms with van der Waals surface area (Å²) in [5.41, 5.74) is 0. The second kappa shape index (κ2) is 4.55. The minimum Gasteiger partial charge on any atom is -0.327 e. The highest BCUT2D eigenvalue weighted by atomic mass is 32.1. The van der Waals surface area contributed by atoms with Gasteiger partial charge in [-0.2, -0.15) is 4.99 Å². The predicted octanol–water partition coefficient (Wildman–Crippen LogP) is 1.82. The first-order valence-corrected chi connectivity index (χ1v) is 6.22. The number of carbonyl (C=O) groups is 1. The van der Waals surface area contributed by atoms with Crippen molar-refractivity contribution in [2.24, 2.45) is 12.0 Å². The molecule has 0 aliphatic carbocycles. The van der Waals surface area contributed by atoms with Crippen LogP contribution in [0.15, 0.2) is 34.1 Å². The first-order valence-electron chi connectivity index (χ1n) is 4.46. The fourth-order valence-corrected chi connectivity index (χ4v) is 2.59. The third-order valence-electron chi connectivity index (χ3n) is 1.89. The predicted molar refractivity (Wildman–Crippen MR) is 61.9 cm³/mol. The Morgan fingerprint density at radius 1 is 1.47 bits per heavy atom. The van der Waals surface area contributed by atoms with E-state index in [2.05, 4.69) is 4.99 Å². The van der Waals surface area contributed by atoms with E-state index in [1.165, 1.54) is 11.3 Å². The summed E-state index contributed by atoms with van der Waals surface area (Å²) >= 11 is 3.05. The molecule has 0 N–H and O–H groups in total. The number of rotatable bonds is 2. The second-order valence-corrected chi connectivity index (χ2v) is 4.96.